The number of pyridine rings is 1. The molecule has 0 atom stereocenters. The van der Waals surface area contributed by atoms with Crippen LogP contribution in [0.5, 0.6) is 0 Å². The number of sulfonamides is 1. The fourth-order valence-electron chi connectivity index (χ4n) is 0.782. The van der Waals surface area contributed by atoms with Gasteiger partial charge in [-0.25, -0.2) is 13.4 Å². The first-order valence-corrected chi connectivity index (χ1v) is 6.70. The van der Waals surface area contributed by atoms with E-state index in [9.17, 15) is 8.42 Å². The minimum atomic E-state index is -3.36. The van der Waals surface area contributed by atoms with Gasteiger partial charge in [0.05, 0.1) is 11.4 Å². The Labute approximate surface area is 95.9 Å². The maximum atomic E-state index is 11.3. The van der Waals surface area contributed by atoms with Crippen LogP contribution in [0.15, 0.2) is 22.9 Å². The average molecular weight is 300 g/mol. The van der Waals surface area contributed by atoms with Gasteiger partial charge in [-0.05, 0) is 28.1 Å². The molecule has 0 bridgehead atoms. The summed E-state index contributed by atoms with van der Waals surface area (Å²) in [5, 5.41) is 0. The van der Waals surface area contributed by atoms with Crippen LogP contribution in [0.4, 0.5) is 5.69 Å². The highest BCUT2D eigenvalue weighted by atomic mass is 79.9. The number of aromatic nitrogens is 1. The number of anilines is 1. The van der Waals surface area contributed by atoms with Crippen LogP contribution in [0.2, 0.25) is 0 Å². The van der Waals surface area contributed by atoms with Crippen LogP contribution in [0.1, 0.15) is 0 Å². The Hall–Kier alpha value is -0.330. The van der Waals surface area contributed by atoms with Crippen LogP contribution in [0.25, 0.3) is 0 Å². The molecule has 1 aromatic rings. The van der Waals surface area contributed by atoms with Crippen molar-refractivity contribution in [3.05, 3.63) is 22.9 Å². The molecule has 4 nitrogen and oxygen atoms in total. The van der Waals surface area contributed by atoms with Gasteiger partial charge in [-0.3, -0.25) is 4.72 Å². The summed E-state index contributed by atoms with van der Waals surface area (Å²) in [5.74, 6) is -0.0525. The maximum absolute atomic E-state index is 11.3. The van der Waals surface area contributed by atoms with E-state index in [1.165, 1.54) is 0 Å². The topological polar surface area (TPSA) is 59.1 Å². The molecule has 0 radical (unpaired) electrons. The molecule has 0 aliphatic rings. The number of hydrogen-bond acceptors (Lipinski definition) is 3. The van der Waals surface area contributed by atoms with Gasteiger partial charge >= 0.3 is 0 Å². The van der Waals surface area contributed by atoms with E-state index in [2.05, 4.69) is 25.6 Å². The number of halogens is 2. The van der Waals surface area contributed by atoms with E-state index < -0.39 is 10.0 Å². The van der Waals surface area contributed by atoms with Gasteiger partial charge in [0.1, 0.15) is 4.60 Å². The van der Waals surface area contributed by atoms with E-state index in [0.717, 1.165) is 0 Å². The van der Waals surface area contributed by atoms with Crippen molar-refractivity contribution in [1.82, 2.24) is 4.98 Å². The lowest BCUT2D eigenvalue weighted by Gasteiger charge is -2.06. The van der Waals surface area contributed by atoms with Crippen LogP contribution in [0.3, 0.4) is 0 Å². The molecular formula is C7H8BrClN2O2S. The third-order valence-corrected chi connectivity index (χ3v) is 3.69. The lowest BCUT2D eigenvalue weighted by atomic mass is 10.4. The first-order valence-electron chi connectivity index (χ1n) is 3.72. The predicted octanol–water partition coefficient (Wildman–Crippen LogP) is 1.82. The first-order chi connectivity index (χ1) is 6.55. The molecule has 1 N–H and O–H groups in total. The van der Waals surface area contributed by atoms with Gasteiger partial charge in [-0.15, -0.1) is 11.6 Å². The lowest BCUT2D eigenvalue weighted by Crippen LogP contribution is -2.17. The highest BCUT2D eigenvalue weighted by molar-refractivity contribution is 9.10. The van der Waals surface area contributed by atoms with Gasteiger partial charge in [0.15, 0.2) is 0 Å². The van der Waals surface area contributed by atoms with E-state index >= 15 is 0 Å². The van der Waals surface area contributed by atoms with Crippen LogP contribution >= 0.6 is 27.5 Å². The smallest absolute Gasteiger partial charge is 0.233 e. The molecule has 7 heteroatoms. The Bertz CT molecular complexity index is 410. The van der Waals surface area contributed by atoms with Crippen molar-refractivity contribution in [3.63, 3.8) is 0 Å². The number of nitrogens with one attached hydrogen (secondary N) is 1. The minimum absolute atomic E-state index is 0.0627. The molecule has 0 saturated carbocycles. The fraction of sp³-hybridized carbons (Fsp3) is 0.286. The molecule has 0 aliphatic carbocycles. The summed E-state index contributed by atoms with van der Waals surface area (Å²) in [6.07, 6.45) is 1.56. The van der Waals surface area contributed by atoms with Gasteiger partial charge in [0.25, 0.3) is 0 Å². The summed E-state index contributed by atoms with van der Waals surface area (Å²) in [6, 6.07) is 3.26. The van der Waals surface area contributed by atoms with E-state index in [-0.39, 0.29) is 11.6 Å². The Morgan fingerprint density at radius 1 is 1.57 bits per heavy atom. The highest BCUT2D eigenvalue weighted by Crippen LogP contribution is 2.19. The maximum Gasteiger partial charge on any atom is 0.233 e. The second-order valence-corrected chi connectivity index (χ2v) is 5.42. The predicted molar refractivity (Wildman–Crippen MR) is 60.1 cm³/mol. The normalized spacial score (nSPS) is 11.3. The van der Waals surface area contributed by atoms with E-state index in [1.54, 1.807) is 18.3 Å². The van der Waals surface area contributed by atoms with Crippen molar-refractivity contribution < 1.29 is 8.42 Å². The van der Waals surface area contributed by atoms with E-state index in [4.69, 9.17) is 11.6 Å². The summed E-state index contributed by atoms with van der Waals surface area (Å²) in [5.41, 5.74) is 0.414. The van der Waals surface area contributed by atoms with Crippen molar-refractivity contribution in [2.45, 2.75) is 0 Å². The Kier molecular flexibility index (Phi) is 4.15. The molecule has 0 aliphatic heterocycles. The summed E-state index contributed by atoms with van der Waals surface area (Å²) < 4.78 is 25.4. The third-order valence-electron chi connectivity index (χ3n) is 1.37. The van der Waals surface area contributed by atoms with Gasteiger partial charge in [0, 0.05) is 12.1 Å². The summed E-state index contributed by atoms with van der Waals surface area (Å²) in [4.78, 5) is 3.88. The zero-order valence-corrected chi connectivity index (χ0v) is 10.2. The molecule has 1 rings (SSSR count). The van der Waals surface area contributed by atoms with E-state index in [0.29, 0.717) is 10.3 Å². The second kappa shape index (κ2) is 4.95. The molecule has 0 amide bonds. The van der Waals surface area contributed by atoms with Gasteiger partial charge in [0.2, 0.25) is 10.0 Å². The van der Waals surface area contributed by atoms with Crippen molar-refractivity contribution in [2.24, 2.45) is 0 Å². The highest BCUT2D eigenvalue weighted by Gasteiger charge is 2.11. The molecule has 0 spiro atoms. The third kappa shape index (κ3) is 3.43. The molecular weight excluding hydrogens is 292 g/mol. The Morgan fingerprint density at radius 3 is 2.86 bits per heavy atom. The largest absolute Gasteiger partial charge is 0.281 e. The molecule has 1 heterocycles. The molecule has 0 aromatic carbocycles. The van der Waals surface area contributed by atoms with Crippen LogP contribution in [0, 0.1) is 0 Å². The van der Waals surface area contributed by atoms with Gasteiger partial charge in [-0.2, -0.15) is 0 Å². The zero-order chi connectivity index (χ0) is 10.6. The molecule has 1 aromatic heterocycles. The fourth-order valence-corrected chi connectivity index (χ4v) is 2.68. The average Bonchev–Trinajstić information content (AvgIpc) is 2.08. The molecule has 0 fully saturated rings. The summed E-state index contributed by atoms with van der Waals surface area (Å²) >= 11 is 8.47. The van der Waals surface area contributed by atoms with E-state index in [1.807, 2.05) is 0 Å². The number of alkyl halides is 1. The number of rotatable bonds is 4. The van der Waals surface area contributed by atoms with Crippen molar-refractivity contribution in [3.8, 4) is 0 Å². The second-order valence-electron chi connectivity index (χ2n) is 2.45. The molecule has 78 valence electrons. The first kappa shape index (κ1) is 11.7. The quantitative estimate of drug-likeness (QED) is 0.681. The van der Waals surface area contributed by atoms with Gasteiger partial charge in [-0.1, -0.05) is 0 Å². The van der Waals surface area contributed by atoms with Gasteiger partial charge < -0.3 is 0 Å². The minimum Gasteiger partial charge on any atom is -0.281 e. The molecule has 14 heavy (non-hydrogen) atoms. The van der Waals surface area contributed by atoms with Crippen molar-refractivity contribution in [2.75, 3.05) is 16.4 Å². The standard InChI is InChI=1S/C7H8BrClN2O2S/c8-7-6(2-1-4-10-7)11-14(12,13)5-3-9/h1-2,4,11H,3,5H2. The Morgan fingerprint density at radius 2 is 2.29 bits per heavy atom. The van der Waals surface area contributed by atoms with Crippen LogP contribution in [-0.2, 0) is 10.0 Å². The van der Waals surface area contributed by atoms with Crippen LogP contribution in [-0.4, -0.2) is 25.0 Å². The molecule has 0 saturated heterocycles. The Balaban J connectivity index is 2.84. The number of hydrogen-bond donors (Lipinski definition) is 1. The lowest BCUT2D eigenvalue weighted by molar-refractivity contribution is 0.602. The van der Waals surface area contributed by atoms with Crippen molar-refractivity contribution in [1.29, 1.82) is 0 Å². The SMILES string of the molecule is O=S(=O)(CCCl)Nc1cccnc1Br. The zero-order valence-electron chi connectivity index (χ0n) is 7.07. The summed E-state index contributed by atoms with van der Waals surface area (Å²) in [6.45, 7) is 0. The monoisotopic (exact) mass is 298 g/mol. The van der Waals surface area contributed by atoms with Crippen molar-refractivity contribution >= 4 is 43.2 Å². The summed E-state index contributed by atoms with van der Waals surface area (Å²) in [7, 11) is -3.36. The molecule has 0 unspecified atom stereocenters. The number of nitrogens with zero attached hydrogens (tertiary/aromatic N) is 1. The van der Waals surface area contributed by atoms with Crippen LogP contribution < -0.4 is 4.72 Å².